The molecule has 58 valence electrons. The standard InChI is InChI=1S/C8H14O2/c1-4-5-10-7-8(2,3)6-9/h4,6H,1,5,7H2,2-3H3. The maximum atomic E-state index is 10.3. The molecule has 0 unspecified atom stereocenters. The summed E-state index contributed by atoms with van der Waals surface area (Å²) in [6, 6.07) is 0. The lowest BCUT2D eigenvalue weighted by molar-refractivity contribution is -0.117. The summed E-state index contributed by atoms with van der Waals surface area (Å²) < 4.78 is 5.09. The molecule has 0 fully saturated rings. The van der Waals surface area contributed by atoms with Crippen LogP contribution in [0, 0.1) is 5.41 Å². The van der Waals surface area contributed by atoms with Crippen molar-refractivity contribution in [2.24, 2.45) is 5.41 Å². The van der Waals surface area contributed by atoms with E-state index in [9.17, 15) is 4.79 Å². The molecule has 0 N–H and O–H groups in total. The molecule has 0 rings (SSSR count). The van der Waals surface area contributed by atoms with Crippen LogP contribution in [-0.4, -0.2) is 19.5 Å². The van der Waals surface area contributed by atoms with Crippen LogP contribution in [-0.2, 0) is 9.53 Å². The molecule has 0 aliphatic heterocycles. The highest BCUT2D eigenvalue weighted by Crippen LogP contribution is 2.10. The van der Waals surface area contributed by atoms with E-state index in [4.69, 9.17) is 4.74 Å². The van der Waals surface area contributed by atoms with Crippen LogP contribution < -0.4 is 0 Å². The van der Waals surface area contributed by atoms with Crippen molar-refractivity contribution in [2.75, 3.05) is 13.2 Å². The SMILES string of the molecule is C=CCOCC(C)(C)C=O. The van der Waals surface area contributed by atoms with Crippen LogP contribution in [0.25, 0.3) is 0 Å². The molecule has 0 amide bonds. The van der Waals surface area contributed by atoms with Gasteiger partial charge < -0.3 is 9.53 Å². The number of hydrogen-bond donors (Lipinski definition) is 0. The van der Waals surface area contributed by atoms with Gasteiger partial charge in [0, 0.05) is 5.41 Å². The minimum absolute atomic E-state index is 0.358. The van der Waals surface area contributed by atoms with E-state index in [2.05, 4.69) is 6.58 Å². The summed E-state index contributed by atoms with van der Waals surface area (Å²) in [7, 11) is 0. The zero-order valence-corrected chi connectivity index (χ0v) is 6.59. The molecule has 0 aromatic rings. The Balaban J connectivity index is 3.46. The van der Waals surface area contributed by atoms with Gasteiger partial charge in [-0.15, -0.1) is 6.58 Å². The van der Waals surface area contributed by atoms with Gasteiger partial charge in [0.25, 0.3) is 0 Å². The zero-order chi connectivity index (χ0) is 8.04. The molecule has 0 bridgehead atoms. The van der Waals surface area contributed by atoms with Gasteiger partial charge in [0.1, 0.15) is 6.29 Å². The van der Waals surface area contributed by atoms with Crippen molar-refractivity contribution in [3.63, 3.8) is 0 Å². The fraction of sp³-hybridized carbons (Fsp3) is 0.625. The summed E-state index contributed by atoms with van der Waals surface area (Å²) in [4.78, 5) is 10.3. The van der Waals surface area contributed by atoms with E-state index >= 15 is 0 Å². The molecule has 0 saturated heterocycles. The van der Waals surface area contributed by atoms with Crippen LogP contribution in [0.1, 0.15) is 13.8 Å². The summed E-state index contributed by atoms with van der Waals surface area (Å²) in [6.45, 7) is 8.14. The first-order valence-corrected chi connectivity index (χ1v) is 3.27. The Bertz CT molecular complexity index is 116. The normalized spacial score (nSPS) is 11.0. The van der Waals surface area contributed by atoms with Gasteiger partial charge in [-0.05, 0) is 0 Å². The summed E-state index contributed by atoms with van der Waals surface area (Å²) in [5.74, 6) is 0. The van der Waals surface area contributed by atoms with Gasteiger partial charge in [-0.1, -0.05) is 19.9 Å². The fourth-order valence-electron chi connectivity index (χ4n) is 0.439. The molecule has 0 aliphatic carbocycles. The highest BCUT2D eigenvalue weighted by Gasteiger charge is 2.15. The zero-order valence-electron chi connectivity index (χ0n) is 6.59. The second-order valence-corrected chi connectivity index (χ2v) is 2.91. The third-order valence-corrected chi connectivity index (χ3v) is 1.03. The molecule has 0 heterocycles. The molecule has 0 spiro atoms. The molecule has 10 heavy (non-hydrogen) atoms. The van der Waals surface area contributed by atoms with Crippen molar-refractivity contribution in [3.8, 4) is 0 Å². The van der Waals surface area contributed by atoms with Gasteiger partial charge in [0.15, 0.2) is 0 Å². The van der Waals surface area contributed by atoms with Gasteiger partial charge in [0.05, 0.1) is 13.2 Å². The van der Waals surface area contributed by atoms with Crippen LogP contribution in [0.2, 0.25) is 0 Å². The molecule has 0 saturated carbocycles. The van der Waals surface area contributed by atoms with Gasteiger partial charge in [-0.25, -0.2) is 0 Å². The Morgan fingerprint density at radius 3 is 2.60 bits per heavy atom. The van der Waals surface area contributed by atoms with Crippen molar-refractivity contribution in [2.45, 2.75) is 13.8 Å². The van der Waals surface area contributed by atoms with E-state index in [1.54, 1.807) is 6.08 Å². The van der Waals surface area contributed by atoms with E-state index in [1.807, 2.05) is 13.8 Å². The van der Waals surface area contributed by atoms with Crippen LogP contribution in [0.3, 0.4) is 0 Å². The lowest BCUT2D eigenvalue weighted by Gasteiger charge is -2.15. The Morgan fingerprint density at radius 2 is 2.20 bits per heavy atom. The van der Waals surface area contributed by atoms with E-state index in [0.717, 1.165) is 6.29 Å². The van der Waals surface area contributed by atoms with Gasteiger partial charge in [0.2, 0.25) is 0 Å². The number of hydrogen-bond acceptors (Lipinski definition) is 2. The number of rotatable bonds is 5. The second-order valence-electron chi connectivity index (χ2n) is 2.91. The molecule has 2 nitrogen and oxygen atoms in total. The molecule has 0 radical (unpaired) electrons. The number of aldehydes is 1. The minimum Gasteiger partial charge on any atom is -0.376 e. The van der Waals surface area contributed by atoms with Crippen molar-refractivity contribution in [1.29, 1.82) is 0 Å². The van der Waals surface area contributed by atoms with Crippen molar-refractivity contribution >= 4 is 6.29 Å². The Labute approximate surface area is 61.9 Å². The predicted octanol–water partition coefficient (Wildman–Crippen LogP) is 1.41. The first-order valence-electron chi connectivity index (χ1n) is 3.27. The summed E-state index contributed by atoms with van der Waals surface area (Å²) in [5.41, 5.74) is -0.358. The molecular formula is C8H14O2. The van der Waals surface area contributed by atoms with E-state index in [-0.39, 0.29) is 5.41 Å². The number of ether oxygens (including phenoxy) is 1. The Hall–Kier alpha value is -0.630. The molecule has 0 aromatic carbocycles. The molecule has 0 aromatic heterocycles. The lowest BCUT2D eigenvalue weighted by atomic mass is 9.98. The third-order valence-electron chi connectivity index (χ3n) is 1.03. The number of carbonyl (C=O) groups is 1. The minimum atomic E-state index is -0.358. The average Bonchev–Trinajstić information content (AvgIpc) is 1.89. The van der Waals surface area contributed by atoms with E-state index < -0.39 is 0 Å². The van der Waals surface area contributed by atoms with Crippen LogP contribution in [0.4, 0.5) is 0 Å². The first kappa shape index (κ1) is 9.37. The van der Waals surface area contributed by atoms with Gasteiger partial charge >= 0.3 is 0 Å². The average molecular weight is 142 g/mol. The molecule has 2 heteroatoms. The summed E-state index contributed by atoms with van der Waals surface area (Å²) >= 11 is 0. The van der Waals surface area contributed by atoms with Crippen LogP contribution in [0.5, 0.6) is 0 Å². The Kier molecular flexibility index (Phi) is 3.96. The summed E-state index contributed by atoms with van der Waals surface area (Å²) in [5, 5.41) is 0. The highest BCUT2D eigenvalue weighted by atomic mass is 16.5. The van der Waals surface area contributed by atoms with Crippen molar-refractivity contribution in [1.82, 2.24) is 0 Å². The topological polar surface area (TPSA) is 26.3 Å². The van der Waals surface area contributed by atoms with E-state index in [1.165, 1.54) is 0 Å². The quantitative estimate of drug-likeness (QED) is 0.329. The molecular weight excluding hydrogens is 128 g/mol. The van der Waals surface area contributed by atoms with Gasteiger partial charge in [-0.2, -0.15) is 0 Å². The fourth-order valence-corrected chi connectivity index (χ4v) is 0.439. The van der Waals surface area contributed by atoms with Crippen LogP contribution in [0.15, 0.2) is 12.7 Å². The van der Waals surface area contributed by atoms with Gasteiger partial charge in [-0.3, -0.25) is 0 Å². The summed E-state index contributed by atoms with van der Waals surface area (Å²) in [6.07, 6.45) is 2.57. The maximum absolute atomic E-state index is 10.3. The monoisotopic (exact) mass is 142 g/mol. The smallest absolute Gasteiger partial charge is 0.127 e. The first-order chi connectivity index (χ1) is 4.62. The highest BCUT2D eigenvalue weighted by molar-refractivity contribution is 5.57. The maximum Gasteiger partial charge on any atom is 0.127 e. The van der Waals surface area contributed by atoms with Crippen molar-refractivity contribution < 1.29 is 9.53 Å². The third kappa shape index (κ3) is 4.27. The largest absolute Gasteiger partial charge is 0.376 e. The second kappa shape index (κ2) is 4.23. The lowest BCUT2D eigenvalue weighted by Crippen LogP contribution is -2.20. The van der Waals surface area contributed by atoms with Crippen LogP contribution >= 0.6 is 0 Å². The van der Waals surface area contributed by atoms with Crippen molar-refractivity contribution in [3.05, 3.63) is 12.7 Å². The number of carbonyl (C=O) groups excluding carboxylic acids is 1. The molecule has 0 atom stereocenters. The Morgan fingerprint density at radius 1 is 1.60 bits per heavy atom. The predicted molar refractivity (Wildman–Crippen MR) is 40.9 cm³/mol. The molecule has 0 aliphatic rings. The van der Waals surface area contributed by atoms with E-state index in [0.29, 0.717) is 13.2 Å².